The topological polar surface area (TPSA) is 52.5 Å². The van der Waals surface area contributed by atoms with Crippen LogP contribution in [0, 0.1) is 0 Å². The maximum atomic E-state index is 9.97. The first-order valence-electron chi connectivity index (χ1n) is 6.43. The molecule has 2 atom stereocenters. The molecular weight excluding hydrogens is 260 g/mol. The van der Waals surface area contributed by atoms with Crippen molar-refractivity contribution in [2.75, 3.05) is 32.1 Å². The Kier molecular flexibility index (Phi) is 3.38. The summed E-state index contributed by atoms with van der Waals surface area (Å²) in [5.74, 6) is 0.961. The van der Waals surface area contributed by atoms with E-state index in [-0.39, 0.29) is 6.10 Å². The van der Waals surface area contributed by atoms with Gasteiger partial charge in [-0.15, -0.1) is 11.3 Å². The Morgan fingerprint density at radius 2 is 2.32 bits per heavy atom. The Morgan fingerprint density at radius 3 is 3.11 bits per heavy atom. The van der Waals surface area contributed by atoms with Crippen molar-refractivity contribution in [3.05, 3.63) is 17.8 Å². The van der Waals surface area contributed by atoms with Crippen LogP contribution in [0.2, 0.25) is 0 Å². The van der Waals surface area contributed by atoms with Gasteiger partial charge in [0.05, 0.1) is 16.3 Å². The molecule has 1 saturated heterocycles. The lowest BCUT2D eigenvalue weighted by Gasteiger charge is -2.27. The molecule has 3 rings (SSSR count). The molecule has 0 saturated carbocycles. The fourth-order valence-electron chi connectivity index (χ4n) is 2.73. The fraction of sp³-hybridized carbons (Fsp3) is 0.538. The summed E-state index contributed by atoms with van der Waals surface area (Å²) < 4.78 is 1.11. The second-order valence-corrected chi connectivity index (χ2v) is 6.21. The number of hydrogen-bond acceptors (Lipinski definition) is 6. The molecule has 6 heteroatoms. The van der Waals surface area contributed by atoms with Crippen LogP contribution in [-0.2, 0) is 0 Å². The van der Waals surface area contributed by atoms with E-state index in [1.54, 1.807) is 17.7 Å². The number of aliphatic hydroxyl groups excluding tert-OH is 1. The summed E-state index contributed by atoms with van der Waals surface area (Å²) in [4.78, 5) is 13.1. The number of likely N-dealkylation sites (N-methyl/N-ethyl adjacent to an activating group) is 1. The largest absolute Gasteiger partial charge is 0.391 e. The van der Waals surface area contributed by atoms with Gasteiger partial charge in [0.25, 0.3) is 0 Å². The first-order chi connectivity index (χ1) is 9.15. The van der Waals surface area contributed by atoms with Gasteiger partial charge < -0.3 is 14.9 Å². The third-order valence-electron chi connectivity index (χ3n) is 3.46. The Morgan fingerprint density at radius 1 is 1.47 bits per heavy atom. The van der Waals surface area contributed by atoms with Gasteiger partial charge in [-0.2, -0.15) is 0 Å². The molecule has 2 aromatic heterocycles. The molecule has 1 N–H and O–H groups in total. The third-order valence-corrected chi connectivity index (χ3v) is 4.36. The average Bonchev–Trinajstić information content (AvgIpc) is 2.94. The van der Waals surface area contributed by atoms with Crippen LogP contribution in [0.4, 0.5) is 5.82 Å². The van der Waals surface area contributed by atoms with Gasteiger partial charge in [0.15, 0.2) is 0 Å². The Labute approximate surface area is 116 Å². The maximum absolute atomic E-state index is 9.97. The van der Waals surface area contributed by atoms with E-state index < -0.39 is 0 Å². The van der Waals surface area contributed by atoms with Crippen LogP contribution in [0.1, 0.15) is 6.42 Å². The number of aliphatic hydroxyl groups is 1. The van der Waals surface area contributed by atoms with Gasteiger partial charge in [-0.05, 0) is 32.0 Å². The van der Waals surface area contributed by atoms with Gasteiger partial charge in [0, 0.05) is 19.1 Å². The highest BCUT2D eigenvalue weighted by Crippen LogP contribution is 2.32. The number of β-amino-alcohol motifs (C(OH)–C–C–N with tert-alkyl or cyclic N) is 1. The van der Waals surface area contributed by atoms with Gasteiger partial charge in [-0.3, -0.25) is 0 Å². The molecule has 0 aromatic carbocycles. The van der Waals surface area contributed by atoms with Gasteiger partial charge in [0.2, 0.25) is 0 Å². The molecule has 19 heavy (non-hydrogen) atoms. The highest BCUT2D eigenvalue weighted by Gasteiger charge is 2.33. The molecule has 2 aromatic rings. The lowest BCUT2D eigenvalue weighted by molar-refractivity contribution is 0.191. The van der Waals surface area contributed by atoms with Gasteiger partial charge >= 0.3 is 0 Å². The molecule has 0 spiro atoms. The van der Waals surface area contributed by atoms with Crippen molar-refractivity contribution in [3.8, 4) is 0 Å². The summed E-state index contributed by atoms with van der Waals surface area (Å²) >= 11 is 1.66. The van der Waals surface area contributed by atoms with Crippen LogP contribution in [0.15, 0.2) is 17.8 Å². The molecule has 0 bridgehead atoms. The summed E-state index contributed by atoms with van der Waals surface area (Å²) in [6.07, 6.45) is 2.14. The molecule has 2 unspecified atom stereocenters. The summed E-state index contributed by atoms with van der Waals surface area (Å²) in [6, 6.07) is 2.32. The van der Waals surface area contributed by atoms with Crippen LogP contribution < -0.4 is 4.90 Å². The van der Waals surface area contributed by atoms with Gasteiger partial charge in [-0.1, -0.05) is 0 Å². The van der Waals surface area contributed by atoms with Gasteiger partial charge in [0.1, 0.15) is 12.1 Å². The number of rotatable bonds is 3. The molecule has 0 amide bonds. The highest BCUT2D eigenvalue weighted by molar-refractivity contribution is 7.17. The molecule has 1 fully saturated rings. The molecular formula is C13H18N4OS. The Hall–Kier alpha value is -1.24. The zero-order valence-electron chi connectivity index (χ0n) is 11.2. The van der Waals surface area contributed by atoms with Gasteiger partial charge in [-0.25, -0.2) is 9.97 Å². The minimum absolute atomic E-state index is 0.269. The number of anilines is 1. The fourth-order valence-corrected chi connectivity index (χ4v) is 3.58. The average molecular weight is 278 g/mol. The van der Waals surface area contributed by atoms with E-state index in [9.17, 15) is 5.11 Å². The summed E-state index contributed by atoms with van der Waals surface area (Å²) in [6.45, 7) is 1.58. The predicted octanol–water partition coefficient (Wildman–Crippen LogP) is 1.19. The molecule has 5 nitrogen and oxygen atoms in total. The SMILES string of the molecule is CN(C)CC1CC(O)CN1c1ncnc2ccsc12. The maximum Gasteiger partial charge on any atom is 0.150 e. The van der Waals surface area contributed by atoms with Crippen LogP contribution in [-0.4, -0.2) is 59.3 Å². The molecule has 0 aliphatic carbocycles. The monoisotopic (exact) mass is 278 g/mol. The van der Waals surface area contributed by atoms with E-state index in [1.165, 1.54) is 0 Å². The normalized spacial score (nSPS) is 23.7. The van der Waals surface area contributed by atoms with Crippen molar-refractivity contribution in [1.82, 2.24) is 14.9 Å². The minimum Gasteiger partial charge on any atom is -0.391 e. The zero-order valence-corrected chi connectivity index (χ0v) is 12.0. The lowest BCUT2D eigenvalue weighted by Crippen LogP contribution is -2.38. The second kappa shape index (κ2) is 5.03. The second-order valence-electron chi connectivity index (χ2n) is 5.29. The molecule has 1 aliphatic rings. The Bertz CT molecular complexity index is 571. The zero-order chi connectivity index (χ0) is 13.4. The number of hydrogen-bond donors (Lipinski definition) is 1. The quantitative estimate of drug-likeness (QED) is 0.914. The van der Waals surface area contributed by atoms with Crippen molar-refractivity contribution in [2.24, 2.45) is 0 Å². The smallest absolute Gasteiger partial charge is 0.150 e. The standard InChI is InChI=1S/C13H18N4OS/c1-16(2)6-9-5-10(18)7-17(9)13-12-11(3-4-19-12)14-8-15-13/h3-4,8-10,18H,5-7H2,1-2H3. The van der Waals surface area contributed by atoms with Crippen LogP contribution in [0.5, 0.6) is 0 Å². The molecule has 0 radical (unpaired) electrons. The van der Waals surface area contributed by atoms with E-state index in [2.05, 4.69) is 33.9 Å². The number of fused-ring (bicyclic) bond motifs is 1. The summed E-state index contributed by atoms with van der Waals surface area (Å²) in [5.41, 5.74) is 0.986. The van der Waals surface area contributed by atoms with E-state index in [1.807, 2.05) is 11.4 Å². The van der Waals surface area contributed by atoms with E-state index in [0.717, 1.165) is 29.0 Å². The summed E-state index contributed by atoms with van der Waals surface area (Å²) in [5, 5.41) is 12.0. The number of aromatic nitrogens is 2. The first kappa shape index (κ1) is 12.8. The van der Waals surface area contributed by atoms with Crippen LogP contribution >= 0.6 is 11.3 Å². The van der Waals surface area contributed by atoms with Crippen molar-refractivity contribution in [1.29, 1.82) is 0 Å². The van der Waals surface area contributed by atoms with Crippen LogP contribution in [0.3, 0.4) is 0 Å². The van der Waals surface area contributed by atoms with Crippen molar-refractivity contribution < 1.29 is 5.11 Å². The lowest BCUT2D eigenvalue weighted by atomic mass is 10.2. The third kappa shape index (κ3) is 2.43. The molecule has 3 heterocycles. The predicted molar refractivity (Wildman–Crippen MR) is 77.7 cm³/mol. The highest BCUT2D eigenvalue weighted by atomic mass is 32.1. The first-order valence-corrected chi connectivity index (χ1v) is 7.30. The summed E-state index contributed by atoms with van der Waals surface area (Å²) in [7, 11) is 4.12. The van der Waals surface area contributed by atoms with Crippen LogP contribution in [0.25, 0.3) is 10.2 Å². The number of nitrogens with zero attached hydrogens (tertiary/aromatic N) is 4. The minimum atomic E-state index is -0.269. The molecule has 1 aliphatic heterocycles. The van der Waals surface area contributed by atoms with E-state index in [4.69, 9.17) is 0 Å². The van der Waals surface area contributed by atoms with E-state index >= 15 is 0 Å². The van der Waals surface area contributed by atoms with Crippen molar-refractivity contribution in [3.63, 3.8) is 0 Å². The Balaban J connectivity index is 1.97. The van der Waals surface area contributed by atoms with Crippen molar-refractivity contribution in [2.45, 2.75) is 18.6 Å². The van der Waals surface area contributed by atoms with Crippen molar-refractivity contribution >= 4 is 27.4 Å². The number of thiophene rings is 1. The van der Waals surface area contributed by atoms with E-state index in [0.29, 0.717) is 12.6 Å². The molecule has 102 valence electrons.